The fourth-order valence-corrected chi connectivity index (χ4v) is 2.93. The van der Waals surface area contributed by atoms with Crippen LogP contribution in [0.5, 0.6) is 0 Å². The Labute approximate surface area is 119 Å². The van der Waals surface area contributed by atoms with E-state index < -0.39 is 0 Å². The molecule has 0 fully saturated rings. The predicted octanol–water partition coefficient (Wildman–Crippen LogP) is 5.14. The summed E-state index contributed by atoms with van der Waals surface area (Å²) in [6, 6.07) is 6.08. The fourth-order valence-electron chi connectivity index (χ4n) is 2.51. The molecule has 0 saturated heterocycles. The molecule has 0 saturated carbocycles. The van der Waals surface area contributed by atoms with Crippen LogP contribution in [0.3, 0.4) is 0 Å². The molecule has 0 radical (unpaired) electrons. The number of hydrogen-bond donors (Lipinski definition) is 1. The zero-order valence-corrected chi connectivity index (χ0v) is 12.2. The summed E-state index contributed by atoms with van der Waals surface area (Å²) in [5.41, 5.74) is 2.55. The van der Waals surface area contributed by atoms with Crippen molar-refractivity contribution in [2.45, 2.75) is 38.6 Å². The van der Waals surface area contributed by atoms with Crippen molar-refractivity contribution in [2.75, 3.05) is 6.54 Å². The van der Waals surface area contributed by atoms with Gasteiger partial charge < -0.3 is 5.32 Å². The second-order valence-corrected chi connectivity index (χ2v) is 5.44. The molecule has 0 aliphatic heterocycles. The first-order valence-corrected chi connectivity index (χ1v) is 7.36. The maximum absolute atomic E-state index is 6.34. The Kier molecular flexibility index (Phi) is 5.11. The van der Waals surface area contributed by atoms with E-state index in [1.165, 1.54) is 24.8 Å². The van der Waals surface area contributed by atoms with E-state index in [-0.39, 0.29) is 6.04 Å². The van der Waals surface area contributed by atoms with Crippen LogP contribution in [0, 0.1) is 0 Å². The second kappa shape index (κ2) is 6.60. The topological polar surface area (TPSA) is 12.0 Å². The molecule has 1 aromatic rings. The minimum atomic E-state index is 0.210. The molecule has 98 valence electrons. The van der Waals surface area contributed by atoms with E-state index in [9.17, 15) is 0 Å². The molecule has 1 aromatic carbocycles. The first-order chi connectivity index (χ1) is 8.74. The highest BCUT2D eigenvalue weighted by molar-refractivity contribution is 6.42. The summed E-state index contributed by atoms with van der Waals surface area (Å²) < 4.78 is 0. The minimum Gasteiger partial charge on any atom is -0.307 e. The third-order valence-corrected chi connectivity index (χ3v) is 4.23. The zero-order valence-electron chi connectivity index (χ0n) is 10.7. The SMILES string of the molecule is CCNC(C1=CCCCC1)c1cccc(Cl)c1Cl. The van der Waals surface area contributed by atoms with Gasteiger partial charge in [0.15, 0.2) is 0 Å². The molecule has 1 aliphatic carbocycles. The van der Waals surface area contributed by atoms with Gasteiger partial charge in [-0.05, 0) is 43.9 Å². The van der Waals surface area contributed by atoms with Crippen LogP contribution < -0.4 is 5.32 Å². The molecule has 1 aliphatic rings. The highest BCUT2D eigenvalue weighted by Crippen LogP contribution is 2.36. The molecule has 1 unspecified atom stereocenters. The molecule has 0 aromatic heterocycles. The molecule has 0 bridgehead atoms. The van der Waals surface area contributed by atoms with E-state index in [4.69, 9.17) is 23.2 Å². The summed E-state index contributed by atoms with van der Waals surface area (Å²) in [7, 11) is 0. The normalized spacial score (nSPS) is 17.4. The third kappa shape index (κ3) is 3.09. The lowest BCUT2D eigenvalue weighted by molar-refractivity contribution is 0.564. The van der Waals surface area contributed by atoms with Crippen LogP contribution in [0.25, 0.3) is 0 Å². The summed E-state index contributed by atoms with van der Waals surface area (Å²) >= 11 is 12.5. The molecule has 0 heterocycles. The van der Waals surface area contributed by atoms with Gasteiger partial charge in [0.1, 0.15) is 0 Å². The average molecular weight is 284 g/mol. The van der Waals surface area contributed by atoms with Gasteiger partial charge in [0.2, 0.25) is 0 Å². The predicted molar refractivity (Wildman–Crippen MR) is 79.4 cm³/mol. The average Bonchev–Trinajstić information content (AvgIpc) is 2.41. The lowest BCUT2D eigenvalue weighted by Crippen LogP contribution is -2.24. The zero-order chi connectivity index (χ0) is 13.0. The highest BCUT2D eigenvalue weighted by atomic mass is 35.5. The maximum atomic E-state index is 6.34. The van der Waals surface area contributed by atoms with Gasteiger partial charge in [-0.15, -0.1) is 0 Å². The Morgan fingerprint density at radius 3 is 2.78 bits per heavy atom. The molecule has 1 atom stereocenters. The van der Waals surface area contributed by atoms with Gasteiger partial charge in [0.25, 0.3) is 0 Å². The minimum absolute atomic E-state index is 0.210. The summed E-state index contributed by atoms with van der Waals surface area (Å²) in [5, 5.41) is 4.84. The largest absolute Gasteiger partial charge is 0.307 e. The second-order valence-electron chi connectivity index (χ2n) is 4.66. The van der Waals surface area contributed by atoms with E-state index in [0.717, 1.165) is 18.5 Å². The number of allylic oxidation sites excluding steroid dienone is 1. The molecule has 1 nitrogen and oxygen atoms in total. The van der Waals surface area contributed by atoms with Crippen LogP contribution in [0.15, 0.2) is 29.8 Å². The first kappa shape index (κ1) is 13.9. The van der Waals surface area contributed by atoms with Crippen molar-refractivity contribution < 1.29 is 0 Å². The molecule has 0 amide bonds. The third-order valence-electron chi connectivity index (χ3n) is 3.40. The van der Waals surface area contributed by atoms with Crippen molar-refractivity contribution in [1.29, 1.82) is 0 Å². The van der Waals surface area contributed by atoms with Crippen molar-refractivity contribution in [1.82, 2.24) is 5.32 Å². The van der Waals surface area contributed by atoms with Gasteiger partial charge in [-0.25, -0.2) is 0 Å². The van der Waals surface area contributed by atoms with Crippen molar-refractivity contribution in [3.8, 4) is 0 Å². The van der Waals surface area contributed by atoms with Crippen LogP contribution in [-0.4, -0.2) is 6.54 Å². The quantitative estimate of drug-likeness (QED) is 0.754. The Morgan fingerprint density at radius 2 is 2.11 bits per heavy atom. The van der Waals surface area contributed by atoms with Crippen molar-refractivity contribution >= 4 is 23.2 Å². The number of hydrogen-bond acceptors (Lipinski definition) is 1. The van der Waals surface area contributed by atoms with E-state index >= 15 is 0 Å². The molecular formula is C15H19Cl2N. The number of rotatable bonds is 4. The van der Waals surface area contributed by atoms with Gasteiger partial charge in [-0.3, -0.25) is 0 Å². The molecule has 3 heteroatoms. The van der Waals surface area contributed by atoms with Crippen molar-refractivity contribution in [3.05, 3.63) is 45.5 Å². The lowest BCUT2D eigenvalue weighted by atomic mass is 9.90. The van der Waals surface area contributed by atoms with Gasteiger partial charge in [-0.2, -0.15) is 0 Å². The summed E-state index contributed by atoms with van der Waals surface area (Å²) in [4.78, 5) is 0. The Bertz CT molecular complexity index is 440. The summed E-state index contributed by atoms with van der Waals surface area (Å²) in [6.45, 7) is 3.04. The monoisotopic (exact) mass is 283 g/mol. The number of halogens is 2. The Morgan fingerprint density at radius 1 is 1.28 bits per heavy atom. The molecule has 2 rings (SSSR count). The van der Waals surface area contributed by atoms with Crippen LogP contribution in [0.1, 0.15) is 44.2 Å². The van der Waals surface area contributed by atoms with Crippen LogP contribution in [-0.2, 0) is 0 Å². The van der Waals surface area contributed by atoms with E-state index in [0.29, 0.717) is 10.0 Å². The van der Waals surface area contributed by atoms with Crippen LogP contribution in [0.2, 0.25) is 10.0 Å². The standard InChI is InChI=1S/C15H19Cl2N/c1-2-18-15(11-7-4-3-5-8-11)12-9-6-10-13(16)14(12)17/h6-7,9-10,15,18H,2-5,8H2,1H3. The number of nitrogens with one attached hydrogen (secondary N) is 1. The lowest BCUT2D eigenvalue weighted by Gasteiger charge is -2.25. The highest BCUT2D eigenvalue weighted by Gasteiger charge is 2.20. The maximum Gasteiger partial charge on any atom is 0.0643 e. The Hall–Kier alpha value is -0.500. The van der Waals surface area contributed by atoms with E-state index in [1.54, 1.807) is 0 Å². The smallest absolute Gasteiger partial charge is 0.0643 e. The van der Waals surface area contributed by atoms with Gasteiger partial charge >= 0.3 is 0 Å². The van der Waals surface area contributed by atoms with Crippen molar-refractivity contribution in [2.24, 2.45) is 0 Å². The fraction of sp³-hybridized carbons (Fsp3) is 0.467. The van der Waals surface area contributed by atoms with Gasteiger partial charge in [-0.1, -0.05) is 53.9 Å². The van der Waals surface area contributed by atoms with Crippen LogP contribution in [0.4, 0.5) is 0 Å². The first-order valence-electron chi connectivity index (χ1n) is 6.60. The number of likely N-dealkylation sites (N-methyl/N-ethyl adjacent to an activating group) is 1. The molecular weight excluding hydrogens is 265 g/mol. The van der Waals surface area contributed by atoms with Gasteiger partial charge in [0.05, 0.1) is 16.1 Å². The molecule has 18 heavy (non-hydrogen) atoms. The molecule has 1 N–H and O–H groups in total. The Balaban J connectivity index is 2.34. The van der Waals surface area contributed by atoms with Gasteiger partial charge in [0, 0.05) is 0 Å². The van der Waals surface area contributed by atoms with E-state index in [2.05, 4.69) is 24.4 Å². The summed E-state index contributed by atoms with van der Waals surface area (Å²) in [6.07, 6.45) is 7.25. The van der Waals surface area contributed by atoms with Crippen LogP contribution >= 0.6 is 23.2 Å². The van der Waals surface area contributed by atoms with E-state index in [1.807, 2.05) is 12.1 Å². The summed E-state index contributed by atoms with van der Waals surface area (Å²) in [5.74, 6) is 0. The number of benzene rings is 1. The van der Waals surface area contributed by atoms with Crippen molar-refractivity contribution in [3.63, 3.8) is 0 Å². The molecule has 0 spiro atoms.